The normalized spacial score (nSPS) is 12.0. The highest BCUT2D eigenvalue weighted by atomic mass is 127. The maximum absolute atomic E-state index is 11.5. The third-order valence-electron chi connectivity index (χ3n) is 3.72. The van der Waals surface area contributed by atoms with Crippen molar-refractivity contribution in [3.8, 4) is 11.5 Å². The Labute approximate surface area is 173 Å². The summed E-state index contributed by atoms with van der Waals surface area (Å²) in [6, 6.07) is 5.64. The van der Waals surface area contributed by atoms with Gasteiger partial charge in [0.25, 0.3) is 0 Å². The first-order valence-corrected chi connectivity index (χ1v) is 8.39. The van der Waals surface area contributed by atoms with Crippen LogP contribution in [0, 0.1) is 5.92 Å². The van der Waals surface area contributed by atoms with Gasteiger partial charge in [-0.1, -0.05) is 13.8 Å². The van der Waals surface area contributed by atoms with Crippen LogP contribution < -0.4 is 25.4 Å². The molecule has 1 aromatic carbocycles. The molecule has 3 N–H and O–H groups in total. The first-order valence-electron chi connectivity index (χ1n) is 8.39. The molecule has 0 aromatic heterocycles. The van der Waals surface area contributed by atoms with Crippen molar-refractivity contribution in [1.29, 1.82) is 0 Å². The molecular formula is C18H31IN4O3. The number of benzene rings is 1. The van der Waals surface area contributed by atoms with E-state index in [0.717, 1.165) is 17.1 Å². The van der Waals surface area contributed by atoms with Crippen molar-refractivity contribution in [2.24, 2.45) is 10.9 Å². The number of ether oxygens (including phenoxy) is 2. The summed E-state index contributed by atoms with van der Waals surface area (Å²) in [5.74, 6) is 2.22. The average Bonchev–Trinajstić information content (AvgIpc) is 2.62. The molecule has 0 saturated carbocycles. The number of carbonyl (C=O) groups is 1. The zero-order chi connectivity index (χ0) is 18.8. The van der Waals surface area contributed by atoms with Gasteiger partial charge in [-0.15, -0.1) is 24.0 Å². The molecule has 1 aromatic rings. The van der Waals surface area contributed by atoms with Crippen LogP contribution in [0.5, 0.6) is 11.5 Å². The number of guanidine groups is 1. The van der Waals surface area contributed by atoms with Crippen LogP contribution in [0.25, 0.3) is 0 Å². The Morgan fingerprint density at radius 3 is 2.31 bits per heavy atom. The van der Waals surface area contributed by atoms with Crippen molar-refractivity contribution >= 4 is 35.8 Å². The number of nitrogens with zero attached hydrogens (tertiary/aromatic N) is 1. The molecule has 1 unspecified atom stereocenters. The fourth-order valence-corrected chi connectivity index (χ4v) is 2.23. The van der Waals surface area contributed by atoms with E-state index < -0.39 is 0 Å². The van der Waals surface area contributed by atoms with Crippen molar-refractivity contribution in [3.05, 3.63) is 23.8 Å². The number of halogens is 1. The van der Waals surface area contributed by atoms with Gasteiger partial charge in [-0.25, -0.2) is 0 Å². The van der Waals surface area contributed by atoms with Crippen LogP contribution in [-0.2, 0) is 4.79 Å². The third-order valence-corrected chi connectivity index (χ3v) is 3.72. The highest BCUT2D eigenvalue weighted by Crippen LogP contribution is 2.29. The molecule has 0 heterocycles. The van der Waals surface area contributed by atoms with Gasteiger partial charge in [-0.2, -0.15) is 0 Å². The second-order valence-electron chi connectivity index (χ2n) is 5.92. The minimum absolute atomic E-state index is 0. The number of aliphatic imine (C=N–C) groups is 1. The molecule has 1 amide bonds. The van der Waals surface area contributed by atoms with Crippen molar-refractivity contribution < 1.29 is 14.3 Å². The third kappa shape index (κ3) is 7.67. The van der Waals surface area contributed by atoms with Gasteiger partial charge in [0.1, 0.15) is 11.5 Å². The second kappa shape index (κ2) is 12.6. The lowest BCUT2D eigenvalue weighted by Crippen LogP contribution is -2.42. The van der Waals surface area contributed by atoms with E-state index in [2.05, 4.69) is 20.9 Å². The van der Waals surface area contributed by atoms with Gasteiger partial charge < -0.3 is 25.4 Å². The smallest absolute Gasteiger partial charge is 0.222 e. The Morgan fingerprint density at radius 2 is 1.77 bits per heavy atom. The van der Waals surface area contributed by atoms with E-state index >= 15 is 0 Å². The first kappa shape index (κ1) is 24.3. The zero-order valence-electron chi connectivity index (χ0n) is 16.4. The van der Waals surface area contributed by atoms with E-state index in [4.69, 9.17) is 9.47 Å². The van der Waals surface area contributed by atoms with E-state index in [1.807, 2.05) is 39.0 Å². The van der Waals surface area contributed by atoms with Crippen LogP contribution in [0.4, 0.5) is 0 Å². The lowest BCUT2D eigenvalue weighted by Gasteiger charge is -2.21. The molecule has 148 valence electrons. The van der Waals surface area contributed by atoms with Crippen molar-refractivity contribution in [3.63, 3.8) is 0 Å². The Morgan fingerprint density at radius 1 is 1.12 bits per heavy atom. The van der Waals surface area contributed by atoms with E-state index in [9.17, 15) is 4.79 Å². The molecule has 0 saturated heterocycles. The molecule has 0 aliphatic rings. The molecular weight excluding hydrogens is 447 g/mol. The van der Waals surface area contributed by atoms with Gasteiger partial charge >= 0.3 is 0 Å². The van der Waals surface area contributed by atoms with Crippen molar-refractivity contribution in [1.82, 2.24) is 16.0 Å². The fourth-order valence-electron chi connectivity index (χ4n) is 2.23. The summed E-state index contributed by atoms with van der Waals surface area (Å²) >= 11 is 0. The van der Waals surface area contributed by atoms with Gasteiger partial charge in [0.2, 0.25) is 5.91 Å². The SMILES string of the molecule is CN=C(NCCNC(=O)C(C)C)NC(C)c1cc(OC)ccc1OC.I. The molecule has 7 nitrogen and oxygen atoms in total. The van der Waals surface area contributed by atoms with Gasteiger partial charge in [0.15, 0.2) is 5.96 Å². The number of nitrogens with one attached hydrogen (secondary N) is 3. The lowest BCUT2D eigenvalue weighted by molar-refractivity contribution is -0.123. The topological polar surface area (TPSA) is 84.0 Å². The number of amides is 1. The van der Waals surface area contributed by atoms with Crippen LogP contribution in [0.1, 0.15) is 32.4 Å². The molecule has 0 aliphatic heterocycles. The highest BCUT2D eigenvalue weighted by Gasteiger charge is 2.14. The molecule has 0 radical (unpaired) electrons. The molecule has 1 atom stereocenters. The maximum atomic E-state index is 11.5. The van der Waals surface area contributed by atoms with Crippen molar-refractivity contribution in [2.45, 2.75) is 26.8 Å². The van der Waals surface area contributed by atoms with E-state index in [-0.39, 0.29) is 41.8 Å². The van der Waals surface area contributed by atoms with Crippen molar-refractivity contribution in [2.75, 3.05) is 34.4 Å². The number of rotatable bonds is 8. The summed E-state index contributed by atoms with van der Waals surface area (Å²) in [7, 11) is 4.98. The van der Waals surface area contributed by atoms with E-state index in [1.165, 1.54) is 0 Å². The summed E-state index contributed by atoms with van der Waals surface area (Å²) in [5.41, 5.74) is 0.970. The van der Waals surface area contributed by atoms with E-state index in [0.29, 0.717) is 19.0 Å². The second-order valence-corrected chi connectivity index (χ2v) is 5.92. The lowest BCUT2D eigenvalue weighted by atomic mass is 10.1. The van der Waals surface area contributed by atoms with E-state index in [1.54, 1.807) is 21.3 Å². The molecule has 0 aliphatic carbocycles. The summed E-state index contributed by atoms with van der Waals surface area (Å²) in [6.07, 6.45) is 0. The zero-order valence-corrected chi connectivity index (χ0v) is 18.7. The Kier molecular flexibility index (Phi) is 11.8. The number of hydrogen-bond acceptors (Lipinski definition) is 4. The van der Waals surface area contributed by atoms with Crippen LogP contribution in [0.3, 0.4) is 0 Å². The molecule has 0 bridgehead atoms. The van der Waals surface area contributed by atoms with Gasteiger partial charge in [-0.05, 0) is 25.1 Å². The highest BCUT2D eigenvalue weighted by molar-refractivity contribution is 14.0. The average molecular weight is 478 g/mol. The number of hydrogen-bond donors (Lipinski definition) is 3. The number of methoxy groups -OCH3 is 2. The molecule has 26 heavy (non-hydrogen) atoms. The first-order chi connectivity index (χ1) is 11.9. The summed E-state index contributed by atoms with van der Waals surface area (Å²) in [5, 5.41) is 9.35. The predicted octanol–water partition coefficient (Wildman–Crippen LogP) is 2.32. The Bertz CT molecular complexity index is 594. The number of carbonyl (C=O) groups excluding carboxylic acids is 1. The Balaban J connectivity index is 0.00000625. The van der Waals surface area contributed by atoms with Crippen LogP contribution in [0.2, 0.25) is 0 Å². The monoisotopic (exact) mass is 478 g/mol. The van der Waals surface area contributed by atoms with Crippen LogP contribution in [-0.4, -0.2) is 46.2 Å². The predicted molar refractivity (Wildman–Crippen MR) is 116 cm³/mol. The summed E-state index contributed by atoms with van der Waals surface area (Å²) in [4.78, 5) is 15.8. The molecule has 0 spiro atoms. The summed E-state index contributed by atoms with van der Waals surface area (Å²) < 4.78 is 10.7. The van der Waals surface area contributed by atoms with Crippen LogP contribution in [0.15, 0.2) is 23.2 Å². The largest absolute Gasteiger partial charge is 0.497 e. The molecule has 8 heteroatoms. The standard InChI is InChI=1S/C18H30N4O3.HI/c1-12(2)17(23)20-9-10-21-18(19-4)22-13(3)15-11-14(24-5)7-8-16(15)25-6;/h7-8,11-13H,9-10H2,1-6H3,(H,20,23)(H2,19,21,22);1H. The minimum atomic E-state index is -0.0403. The maximum Gasteiger partial charge on any atom is 0.222 e. The quantitative estimate of drug-likeness (QED) is 0.231. The molecule has 1 rings (SSSR count). The fraction of sp³-hybridized carbons (Fsp3) is 0.556. The molecule has 0 fully saturated rings. The minimum Gasteiger partial charge on any atom is -0.497 e. The summed E-state index contributed by atoms with van der Waals surface area (Å²) in [6.45, 7) is 6.87. The van der Waals surface area contributed by atoms with Gasteiger partial charge in [-0.3, -0.25) is 9.79 Å². The van der Waals surface area contributed by atoms with Gasteiger partial charge in [0.05, 0.1) is 20.3 Å². The van der Waals surface area contributed by atoms with Gasteiger partial charge in [0, 0.05) is 31.6 Å². The van der Waals surface area contributed by atoms with Crippen LogP contribution >= 0.6 is 24.0 Å². The Hall–Kier alpha value is -1.71.